The molecule has 0 aliphatic carbocycles. The van der Waals surface area contributed by atoms with Crippen molar-refractivity contribution in [3.8, 4) is 0 Å². The summed E-state index contributed by atoms with van der Waals surface area (Å²) in [5.74, 6) is -5.66. The summed E-state index contributed by atoms with van der Waals surface area (Å²) in [4.78, 5) is 10.9. The van der Waals surface area contributed by atoms with Gasteiger partial charge in [-0.3, -0.25) is 4.79 Å². The third-order valence-corrected chi connectivity index (χ3v) is 2.11. The summed E-state index contributed by atoms with van der Waals surface area (Å²) in [5, 5.41) is 1.97. The minimum atomic E-state index is -5.53. The minimum Gasteiger partial charge on any atom is -0.301 e. The predicted molar refractivity (Wildman–Crippen MR) is 52.4 cm³/mol. The summed E-state index contributed by atoms with van der Waals surface area (Å²) in [6.07, 6.45) is -11.1. The molecule has 0 aromatic heterocycles. The number of Topliss-reactive ketones (excluding diaryl/α,β-unsaturated/α-hetero) is 1. The van der Waals surface area contributed by atoms with Gasteiger partial charge in [0.2, 0.25) is 0 Å². The number of carbonyl (C=O) groups excluding carboxylic acids is 1. The highest BCUT2D eigenvalue weighted by Gasteiger charge is 2.61. The van der Waals surface area contributed by atoms with Crippen molar-refractivity contribution in [2.75, 3.05) is 0 Å². The first kappa shape index (κ1) is 16.6. The lowest BCUT2D eigenvalue weighted by atomic mass is 9.95. The molecule has 0 aliphatic heterocycles. The Labute approximate surface area is 96.3 Å². The van der Waals surface area contributed by atoms with Crippen LogP contribution in [0.5, 0.6) is 0 Å². The van der Waals surface area contributed by atoms with E-state index in [-0.39, 0.29) is 0 Å². The van der Waals surface area contributed by atoms with Crippen LogP contribution in [0.1, 0.15) is 13.8 Å². The van der Waals surface area contributed by atoms with Crippen molar-refractivity contribution in [1.82, 2.24) is 5.32 Å². The van der Waals surface area contributed by atoms with Crippen LogP contribution in [-0.2, 0) is 4.79 Å². The molecule has 0 amide bonds. The van der Waals surface area contributed by atoms with Crippen molar-refractivity contribution < 1.29 is 31.1 Å². The van der Waals surface area contributed by atoms with E-state index < -0.39 is 35.9 Å². The van der Waals surface area contributed by atoms with E-state index in [9.17, 15) is 31.1 Å². The molecular formula is C8H12F6NOP. The van der Waals surface area contributed by atoms with Crippen LogP contribution < -0.4 is 5.32 Å². The van der Waals surface area contributed by atoms with E-state index in [1.807, 2.05) is 14.6 Å². The zero-order chi connectivity index (χ0) is 14.0. The lowest BCUT2D eigenvalue weighted by molar-refractivity contribution is -0.289. The molecule has 0 heterocycles. The standard InChI is InChI=1S/C8H12F6NOP/c1-3(16)5(15-4(2)17)6(7(9,10)11)8(12,13)14/h4-6,15H,17H2,1-2H3/t4-,5+/m0/s1. The lowest BCUT2D eigenvalue weighted by Crippen LogP contribution is -2.55. The Bertz CT molecular complexity index is 260. The van der Waals surface area contributed by atoms with Crippen molar-refractivity contribution in [3.63, 3.8) is 0 Å². The molecule has 1 N–H and O–H groups in total. The van der Waals surface area contributed by atoms with Gasteiger partial charge in [-0.05, 0) is 13.8 Å². The maximum atomic E-state index is 12.4. The maximum Gasteiger partial charge on any atom is 0.402 e. The number of hydrogen-bond acceptors (Lipinski definition) is 2. The van der Waals surface area contributed by atoms with Crippen molar-refractivity contribution in [1.29, 1.82) is 0 Å². The van der Waals surface area contributed by atoms with Crippen LogP contribution in [0.15, 0.2) is 0 Å². The van der Waals surface area contributed by atoms with E-state index in [1.54, 1.807) is 0 Å². The monoisotopic (exact) mass is 283 g/mol. The highest BCUT2D eigenvalue weighted by atomic mass is 31.0. The van der Waals surface area contributed by atoms with Gasteiger partial charge in [0.1, 0.15) is 5.78 Å². The molecule has 0 bridgehead atoms. The second-order valence-corrected chi connectivity index (χ2v) is 4.60. The van der Waals surface area contributed by atoms with Crippen LogP contribution >= 0.6 is 9.24 Å². The number of carbonyl (C=O) groups is 1. The average molecular weight is 283 g/mol. The fourth-order valence-electron chi connectivity index (χ4n) is 1.30. The molecule has 1 unspecified atom stereocenters. The molecule has 0 radical (unpaired) electrons. The third kappa shape index (κ3) is 5.21. The van der Waals surface area contributed by atoms with Gasteiger partial charge in [-0.1, -0.05) is 0 Å². The second kappa shape index (κ2) is 5.52. The van der Waals surface area contributed by atoms with E-state index in [1.165, 1.54) is 6.92 Å². The number of hydrogen-bond donors (Lipinski definition) is 1. The molecule has 0 fully saturated rings. The van der Waals surface area contributed by atoms with Crippen LogP contribution in [0.3, 0.4) is 0 Å². The van der Waals surface area contributed by atoms with Gasteiger partial charge in [-0.25, -0.2) is 0 Å². The third-order valence-electron chi connectivity index (χ3n) is 1.92. The Balaban J connectivity index is 5.32. The van der Waals surface area contributed by atoms with Crippen molar-refractivity contribution in [2.24, 2.45) is 5.92 Å². The van der Waals surface area contributed by atoms with Crippen LogP contribution in [0.4, 0.5) is 26.3 Å². The molecule has 9 heteroatoms. The van der Waals surface area contributed by atoms with Gasteiger partial charge in [0.05, 0.1) is 6.04 Å². The quantitative estimate of drug-likeness (QED) is 0.634. The highest BCUT2D eigenvalue weighted by molar-refractivity contribution is 7.17. The molecule has 102 valence electrons. The Morgan fingerprint density at radius 1 is 1.12 bits per heavy atom. The number of alkyl halides is 6. The number of ketones is 1. The fraction of sp³-hybridized carbons (Fsp3) is 0.875. The lowest BCUT2D eigenvalue weighted by Gasteiger charge is -2.30. The molecule has 0 saturated carbocycles. The molecule has 0 rings (SSSR count). The summed E-state index contributed by atoms with van der Waals surface area (Å²) in [6, 6.07) is -2.33. The van der Waals surface area contributed by atoms with Crippen molar-refractivity contribution in [2.45, 2.75) is 38.0 Å². The molecule has 0 aromatic rings. The van der Waals surface area contributed by atoms with Crippen molar-refractivity contribution >= 4 is 15.0 Å². The van der Waals surface area contributed by atoms with Crippen LogP contribution in [0.2, 0.25) is 0 Å². The Kier molecular flexibility index (Phi) is 5.40. The maximum absolute atomic E-state index is 12.4. The number of nitrogens with one attached hydrogen (secondary N) is 1. The molecule has 2 nitrogen and oxygen atoms in total. The van der Waals surface area contributed by atoms with Gasteiger partial charge in [0.25, 0.3) is 0 Å². The SMILES string of the molecule is CC(=O)[C@@H](N[C@H](C)P)C(C(F)(F)F)C(F)(F)F. The summed E-state index contributed by atoms with van der Waals surface area (Å²) < 4.78 is 74.1. The van der Waals surface area contributed by atoms with Gasteiger partial charge >= 0.3 is 12.4 Å². The van der Waals surface area contributed by atoms with Gasteiger partial charge in [0.15, 0.2) is 5.92 Å². The minimum absolute atomic E-state index is 0.690. The normalized spacial score (nSPS) is 17.1. The first-order chi connectivity index (χ1) is 7.37. The Morgan fingerprint density at radius 2 is 1.47 bits per heavy atom. The summed E-state index contributed by atoms with van der Waals surface area (Å²) in [5.41, 5.74) is 0. The number of rotatable bonds is 4. The molecule has 0 aromatic carbocycles. The van der Waals surface area contributed by atoms with Crippen LogP contribution in [-0.4, -0.2) is 30.0 Å². The van der Waals surface area contributed by atoms with Crippen molar-refractivity contribution in [3.05, 3.63) is 0 Å². The molecule has 0 spiro atoms. The van der Waals surface area contributed by atoms with E-state index >= 15 is 0 Å². The Morgan fingerprint density at radius 3 is 1.65 bits per heavy atom. The predicted octanol–water partition coefficient (Wildman–Crippen LogP) is 2.50. The molecule has 17 heavy (non-hydrogen) atoms. The second-order valence-electron chi connectivity index (χ2n) is 3.60. The van der Waals surface area contributed by atoms with E-state index in [0.717, 1.165) is 0 Å². The van der Waals surface area contributed by atoms with E-state index in [0.29, 0.717) is 6.92 Å². The number of halogens is 6. The first-order valence-corrected chi connectivity index (χ1v) is 5.19. The zero-order valence-electron chi connectivity index (χ0n) is 8.99. The average Bonchev–Trinajstić information content (AvgIpc) is 1.95. The molecule has 3 atom stereocenters. The van der Waals surface area contributed by atoms with E-state index in [2.05, 4.69) is 0 Å². The van der Waals surface area contributed by atoms with Gasteiger partial charge in [-0.2, -0.15) is 26.3 Å². The van der Waals surface area contributed by atoms with E-state index in [4.69, 9.17) is 0 Å². The molecule has 0 aliphatic rings. The Hall–Kier alpha value is -0.360. The molecular weight excluding hydrogens is 271 g/mol. The van der Waals surface area contributed by atoms with Gasteiger partial charge in [0, 0.05) is 5.78 Å². The summed E-state index contributed by atoms with van der Waals surface area (Å²) >= 11 is 0. The van der Waals surface area contributed by atoms with Gasteiger partial charge in [-0.15, -0.1) is 9.24 Å². The summed E-state index contributed by atoms with van der Waals surface area (Å²) in [7, 11) is 1.98. The van der Waals surface area contributed by atoms with Crippen LogP contribution in [0, 0.1) is 5.92 Å². The molecule has 0 saturated heterocycles. The topological polar surface area (TPSA) is 29.1 Å². The van der Waals surface area contributed by atoms with Gasteiger partial charge < -0.3 is 5.32 Å². The highest BCUT2D eigenvalue weighted by Crippen LogP contribution is 2.41. The first-order valence-electron chi connectivity index (χ1n) is 4.53. The summed E-state index contributed by atoms with van der Waals surface area (Å²) in [6.45, 7) is 2.01. The smallest absolute Gasteiger partial charge is 0.301 e. The van der Waals surface area contributed by atoms with Crippen LogP contribution in [0.25, 0.3) is 0 Å². The zero-order valence-corrected chi connectivity index (χ0v) is 10.1. The largest absolute Gasteiger partial charge is 0.402 e. The fourth-order valence-corrected chi connectivity index (χ4v) is 1.50.